The predicted octanol–water partition coefficient (Wildman–Crippen LogP) is 0.668. The maximum atomic E-state index is 11.7. The molecule has 1 atom stereocenters. The Balaban J connectivity index is 2.98. The predicted molar refractivity (Wildman–Crippen MR) is 58.9 cm³/mol. The lowest BCUT2D eigenvalue weighted by Gasteiger charge is -2.08. The smallest absolute Gasteiger partial charge is 0.371 e. The second-order valence-corrected chi connectivity index (χ2v) is 4.82. The van der Waals surface area contributed by atoms with Crippen LogP contribution in [0.3, 0.4) is 0 Å². The SMILES string of the molecule is C#CC(CC)NS(=O)(=O)c1ccc(C(=O)O)o1. The van der Waals surface area contributed by atoms with Gasteiger partial charge in [0.1, 0.15) is 0 Å². The number of nitrogens with one attached hydrogen (secondary N) is 1. The fourth-order valence-electron chi connectivity index (χ4n) is 1.06. The van der Waals surface area contributed by atoms with Crippen LogP contribution in [0.1, 0.15) is 23.9 Å². The number of hydrogen-bond donors (Lipinski definition) is 2. The van der Waals surface area contributed by atoms with E-state index in [1.54, 1.807) is 6.92 Å². The molecule has 7 heteroatoms. The summed E-state index contributed by atoms with van der Waals surface area (Å²) in [6.07, 6.45) is 5.54. The molecule has 0 saturated heterocycles. The van der Waals surface area contributed by atoms with Gasteiger partial charge in [0, 0.05) is 0 Å². The van der Waals surface area contributed by atoms with Crippen LogP contribution in [0, 0.1) is 12.3 Å². The van der Waals surface area contributed by atoms with Gasteiger partial charge < -0.3 is 9.52 Å². The minimum Gasteiger partial charge on any atom is -0.475 e. The van der Waals surface area contributed by atoms with E-state index < -0.39 is 32.9 Å². The molecule has 0 amide bonds. The van der Waals surface area contributed by atoms with Gasteiger partial charge in [0.2, 0.25) is 10.9 Å². The summed E-state index contributed by atoms with van der Waals surface area (Å²) in [5, 5.41) is 8.13. The van der Waals surface area contributed by atoms with Crippen molar-refractivity contribution in [3.63, 3.8) is 0 Å². The molecule has 0 aliphatic carbocycles. The zero-order chi connectivity index (χ0) is 13.1. The Morgan fingerprint density at radius 2 is 2.29 bits per heavy atom. The zero-order valence-electron chi connectivity index (χ0n) is 9.00. The molecule has 0 fully saturated rings. The molecule has 0 aliphatic heterocycles. The van der Waals surface area contributed by atoms with Crippen LogP contribution in [-0.2, 0) is 10.0 Å². The first kappa shape index (κ1) is 13.3. The third-order valence-electron chi connectivity index (χ3n) is 1.96. The van der Waals surface area contributed by atoms with E-state index in [-0.39, 0.29) is 0 Å². The van der Waals surface area contributed by atoms with Crippen LogP contribution in [0.2, 0.25) is 0 Å². The summed E-state index contributed by atoms with van der Waals surface area (Å²) >= 11 is 0. The Kier molecular flexibility index (Phi) is 3.93. The highest BCUT2D eigenvalue weighted by atomic mass is 32.2. The van der Waals surface area contributed by atoms with E-state index >= 15 is 0 Å². The standard InChI is InChI=1S/C10H11NO5S/c1-3-7(4-2)11-17(14,15)9-6-5-8(16-9)10(12)13/h1,5-7,11H,4H2,2H3,(H,12,13). The van der Waals surface area contributed by atoms with E-state index in [4.69, 9.17) is 11.5 Å². The molecular formula is C10H11NO5S. The molecule has 0 spiro atoms. The lowest BCUT2D eigenvalue weighted by Crippen LogP contribution is -2.32. The molecule has 92 valence electrons. The number of sulfonamides is 1. The summed E-state index contributed by atoms with van der Waals surface area (Å²) in [4.78, 5) is 10.5. The van der Waals surface area contributed by atoms with Crippen molar-refractivity contribution in [3.8, 4) is 12.3 Å². The Hall–Kier alpha value is -1.78. The molecule has 0 radical (unpaired) electrons. The van der Waals surface area contributed by atoms with Gasteiger partial charge >= 0.3 is 5.97 Å². The van der Waals surface area contributed by atoms with Gasteiger partial charge in [0.15, 0.2) is 0 Å². The number of rotatable bonds is 5. The van der Waals surface area contributed by atoms with Gasteiger partial charge in [-0.25, -0.2) is 13.2 Å². The summed E-state index contributed by atoms with van der Waals surface area (Å²) in [6.45, 7) is 1.72. The third kappa shape index (κ3) is 3.09. The van der Waals surface area contributed by atoms with Gasteiger partial charge in [-0.15, -0.1) is 6.42 Å². The van der Waals surface area contributed by atoms with E-state index in [0.29, 0.717) is 6.42 Å². The van der Waals surface area contributed by atoms with E-state index in [9.17, 15) is 13.2 Å². The maximum absolute atomic E-state index is 11.7. The Labute approximate surface area is 98.7 Å². The summed E-state index contributed by atoms with van der Waals surface area (Å²) in [6, 6.07) is 1.47. The van der Waals surface area contributed by atoms with Crippen molar-refractivity contribution in [2.75, 3.05) is 0 Å². The summed E-state index contributed by atoms with van der Waals surface area (Å²) < 4.78 is 30.3. The highest BCUT2D eigenvalue weighted by Crippen LogP contribution is 2.14. The molecule has 6 nitrogen and oxygen atoms in total. The van der Waals surface area contributed by atoms with Crippen molar-refractivity contribution >= 4 is 16.0 Å². The fraction of sp³-hybridized carbons (Fsp3) is 0.300. The van der Waals surface area contributed by atoms with E-state index in [2.05, 4.69) is 15.1 Å². The van der Waals surface area contributed by atoms with Gasteiger partial charge in [-0.1, -0.05) is 12.8 Å². The normalized spacial score (nSPS) is 12.9. The minimum atomic E-state index is -3.92. The van der Waals surface area contributed by atoms with Crippen LogP contribution < -0.4 is 4.72 Å². The van der Waals surface area contributed by atoms with E-state index in [0.717, 1.165) is 12.1 Å². The van der Waals surface area contributed by atoms with Crippen molar-refractivity contribution in [3.05, 3.63) is 17.9 Å². The van der Waals surface area contributed by atoms with Crippen LogP contribution in [0.15, 0.2) is 21.6 Å². The van der Waals surface area contributed by atoms with Crippen molar-refractivity contribution in [1.29, 1.82) is 0 Å². The monoisotopic (exact) mass is 257 g/mol. The quantitative estimate of drug-likeness (QED) is 0.755. The molecule has 0 aromatic carbocycles. The van der Waals surface area contributed by atoms with Crippen LogP contribution in [0.4, 0.5) is 0 Å². The lowest BCUT2D eigenvalue weighted by molar-refractivity contribution is 0.0656. The van der Waals surface area contributed by atoms with E-state index in [1.807, 2.05) is 0 Å². The summed E-state index contributed by atoms with van der Waals surface area (Å²) in [7, 11) is -3.92. The van der Waals surface area contributed by atoms with E-state index in [1.165, 1.54) is 0 Å². The largest absolute Gasteiger partial charge is 0.475 e. The second kappa shape index (κ2) is 5.03. The molecule has 0 aliphatic rings. The lowest BCUT2D eigenvalue weighted by atomic mass is 10.3. The van der Waals surface area contributed by atoms with Gasteiger partial charge in [-0.05, 0) is 18.6 Å². The molecule has 1 unspecified atom stereocenters. The first-order valence-corrected chi connectivity index (χ1v) is 6.20. The topological polar surface area (TPSA) is 96.6 Å². The Morgan fingerprint density at radius 3 is 2.71 bits per heavy atom. The number of hydrogen-bond acceptors (Lipinski definition) is 4. The number of terminal acetylenes is 1. The molecule has 1 aromatic rings. The van der Waals surface area contributed by atoms with Gasteiger partial charge in [-0.2, -0.15) is 4.72 Å². The number of aromatic carboxylic acids is 1. The maximum Gasteiger partial charge on any atom is 0.371 e. The Bertz CT molecular complexity index is 551. The van der Waals surface area contributed by atoms with Crippen molar-refractivity contribution < 1.29 is 22.7 Å². The molecule has 17 heavy (non-hydrogen) atoms. The average Bonchev–Trinajstić information content (AvgIpc) is 2.75. The van der Waals surface area contributed by atoms with Crippen molar-refractivity contribution in [2.24, 2.45) is 0 Å². The summed E-state index contributed by atoms with van der Waals surface area (Å²) in [5.74, 6) is 0.476. The molecule has 0 saturated carbocycles. The summed E-state index contributed by atoms with van der Waals surface area (Å²) in [5.41, 5.74) is 0. The Morgan fingerprint density at radius 1 is 1.65 bits per heavy atom. The van der Waals surface area contributed by atoms with Gasteiger partial charge in [0.05, 0.1) is 6.04 Å². The van der Waals surface area contributed by atoms with Crippen molar-refractivity contribution in [1.82, 2.24) is 4.72 Å². The third-order valence-corrected chi connectivity index (χ3v) is 3.31. The number of carboxylic acid groups (broad SMARTS) is 1. The molecule has 1 aromatic heterocycles. The fourth-order valence-corrected chi connectivity index (χ4v) is 2.23. The highest BCUT2D eigenvalue weighted by molar-refractivity contribution is 7.89. The molecule has 0 bridgehead atoms. The second-order valence-electron chi connectivity index (χ2n) is 3.17. The first-order chi connectivity index (χ1) is 7.90. The highest BCUT2D eigenvalue weighted by Gasteiger charge is 2.23. The van der Waals surface area contributed by atoms with Gasteiger partial charge in [-0.3, -0.25) is 0 Å². The molecular weight excluding hydrogens is 246 g/mol. The van der Waals surface area contributed by atoms with Crippen LogP contribution in [0.25, 0.3) is 0 Å². The number of carbonyl (C=O) groups is 1. The van der Waals surface area contributed by atoms with Gasteiger partial charge in [0.25, 0.3) is 10.0 Å². The zero-order valence-corrected chi connectivity index (χ0v) is 9.82. The average molecular weight is 257 g/mol. The van der Waals surface area contributed by atoms with Crippen LogP contribution in [0.5, 0.6) is 0 Å². The van der Waals surface area contributed by atoms with Crippen LogP contribution in [-0.4, -0.2) is 25.5 Å². The molecule has 2 N–H and O–H groups in total. The number of carboxylic acids is 1. The minimum absolute atomic E-state index is 0.419. The van der Waals surface area contributed by atoms with Crippen LogP contribution >= 0.6 is 0 Å². The first-order valence-electron chi connectivity index (χ1n) is 4.72. The van der Waals surface area contributed by atoms with Crippen molar-refractivity contribution in [2.45, 2.75) is 24.5 Å². The molecule has 1 rings (SSSR count). The number of furan rings is 1. The molecule has 1 heterocycles.